The predicted octanol–water partition coefficient (Wildman–Crippen LogP) is 0.744. The van der Waals surface area contributed by atoms with Gasteiger partial charge < -0.3 is 14.8 Å². The average Bonchev–Trinajstić information content (AvgIpc) is 2.17. The minimum Gasteiger partial charge on any atom is -0.352 e. The van der Waals surface area contributed by atoms with Gasteiger partial charge in [0.25, 0.3) is 0 Å². The van der Waals surface area contributed by atoms with E-state index < -0.39 is 10.8 Å². The summed E-state index contributed by atoms with van der Waals surface area (Å²) >= 11 is 0. The summed E-state index contributed by atoms with van der Waals surface area (Å²) in [5.41, 5.74) is 0. The van der Waals surface area contributed by atoms with Crippen molar-refractivity contribution in [2.75, 3.05) is 38.3 Å². The lowest BCUT2D eigenvalue weighted by Crippen LogP contribution is -2.32. The highest BCUT2D eigenvalue weighted by Crippen LogP contribution is 1.93. The molecule has 0 saturated carbocycles. The molecule has 0 rings (SSSR count). The Morgan fingerprint density at radius 1 is 1.27 bits per heavy atom. The first kappa shape index (κ1) is 15.0. The van der Waals surface area contributed by atoms with Crippen molar-refractivity contribution in [1.82, 2.24) is 5.32 Å². The molecule has 0 aromatic rings. The van der Waals surface area contributed by atoms with Gasteiger partial charge in [-0.2, -0.15) is 0 Å². The Kier molecular flexibility index (Phi) is 10.6. The van der Waals surface area contributed by atoms with Crippen molar-refractivity contribution in [3.05, 3.63) is 0 Å². The van der Waals surface area contributed by atoms with Crippen LogP contribution in [0.3, 0.4) is 0 Å². The van der Waals surface area contributed by atoms with Crippen LogP contribution in [0.25, 0.3) is 0 Å². The first-order chi connectivity index (χ1) is 7.20. The standard InChI is InChI=1S/C10H23NO3S/c1-4-13-10(14-5-2)9-11-7-6-8-15(3)12/h10-11H,4-9H2,1-3H3. The monoisotopic (exact) mass is 237 g/mol. The van der Waals surface area contributed by atoms with E-state index >= 15 is 0 Å². The van der Waals surface area contributed by atoms with Gasteiger partial charge in [0, 0.05) is 42.6 Å². The van der Waals surface area contributed by atoms with Crippen LogP contribution < -0.4 is 5.32 Å². The summed E-state index contributed by atoms with van der Waals surface area (Å²) in [5.74, 6) is 0.751. The first-order valence-corrected chi connectivity index (χ1v) is 7.17. The Labute approximate surface area is 95.2 Å². The summed E-state index contributed by atoms with van der Waals surface area (Å²) in [6, 6.07) is 0. The highest BCUT2D eigenvalue weighted by Gasteiger charge is 2.06. The van der Waals surface area contributed by atoms with Crippen LogP contribution in [0, 0.1) is 0 Å². The molecule has 0 saturated heterocycles. The fourth-order valence-electron chi connectivity index (χ4n) is 1.16. The van der Waals surface area contributed by atoms with Gasteiger partial charge in [-0.1, -0.05) is 0 Å². The molecule has 0 aliphatic heterocycles. The van der Waals surface area contributed by atoms with Crippen LogP contribution in [0.4, 0.5) is 0 Å². The molecule has 0 amide bonds. The van der Waals surface area contributed by atoms with Crippen LogP contribution in [-0.2, 0) is 20.3 Å². The molecule has 92 valence electrons. The lowest BCUT2D eigenvalue weighted by Gasteiger charge is -2.17. The zero-order chi connectivity index (χ0) is 11.5. The number of hydrogen-bond donors (Lipinski definition) is 1. The minimum atomic E-state index is -0.689. The molecular formula is C10H23NO3S. The molecule has 1 N–H and O–H groups in total. The Bertz CT molecular complexity index is 161. The van der Waals surface area contributed by atoms with Crippen molar-refractivity contribution in [3.8, 4) is 0 Å². The second-order valence-corrected chi connectivity index (χ2v) is 4.73. The van der Waals surface area contributed by atoms with Gasteiger partial charge in [0.15, 0.2) is 6.29 Å². The summed E-state index contributed by atoms with van der Waals surface area (Å²) in [6.45, 7) is 6.77. The van der Waals surface area contributed by atoms with Crippen LogP contribution >= 0.6 is 0 Å². The average molecular weight is 237 g/mol. The maximum Gasteiger partial charge on any atom is 0.169 e. The van der Waals surface area contributed by atoms with Gasteiger partial charge in [0.05, 0.1) is 0 Å². The van der Waals surface area contributed by atoms with E-state index in [0.717, 1.165) is 18.7 Å². The van der Waals surface area contributed by atoms with Crippen molar-refractivity contribution in [3.63, 3.8) is 0 Å². The Morgan fingerprint density at radius 3 is 2.33 bits per heavy atom. The third-order valence-electron chi connectivity index (χ3n) is 1.80. The van der Waals surface area contributed by atoms with Crippen molar-refractivity contribution >= 4 is 10.8 Å². The molecule has 0 fully saturated rings. The fraction of sp³-hybridized carbons (Fsp3) is 1.00. The van der Waals surface area contributed by atoms with E-state index in [1.807, 2.05) is 13.8 Å². The summed E-state index contributed by atoms with van der Waals surface area (Å²) in [6.07, 6.45) is 2.49. The molecule has 5 heteroatoms. The molecule has 0 aromatic carbocycles. The van der Waals surface area contributed by atoms with Gasteiger partial charge >= 0.3 is 0 Å². The topological polar surface area (TPSA) is 47.6 Å². The molecule has 0 radical (unpaired) electrons. The van der Waals surface area contributed by atoms with Gasteiger partial charge in [-0.15, -0.1) is 0 Å². The summed E-state index contributed by atoms with van der Waals surface area (Å²) in [4.78, 5) is 0. The van der Waals surface area contributed by atoms with Crippen LogP contribution in [-0.4, -0.2) is 48.8 Å². The summed E-state index contributed by atoms with van der Waals surface area (Å²) in [7, 11) is -0.689. The first-order valence-electron chi connectivity index (χ1n) is 5.44. The maximum atomic E-state index is 10.8. The van der Waals surface area contributed by atoms with Gasteiger partial charge in [-0.3, -0.25) is 4.21 Å². The number of nitrogens with one attached hydrogen (secondary N) is 1. The molecule has 4 nitrogen and oxygen atoms in total. The van der Waals surface area contributed by atoms with Crippen LogP contribution in [0.5, 0.6) is 0 Å². The van der Waals surface area contributed by atoms with E-state index in [1.54, 1.807) is 6.26 Å². The van der Waals surface area contributed by atoms with Gasteiger partial charge in [-0.05, 0) is 26.8 Å². The third-order valence-corrected chi connectivity index (χ3v) is 2.67. The Balaban J connectivity index is 3.39. The highest BCUT2D eigenvalue weighted by molar-refractivity contribution is 7.84. The number of ether oxygens (including phenoxy) is 2. The zero-order valence-corrected chi connectivity index (χ0v) is 10.8. The summed E-state index contributed by atoms with van der Waals surface area (Å²) in [5, 5.41) is 3.23. The highest BCUT2D eigenvalue weighted by atomic mass is 32.2. The number of hydrogen-bond acceptors (Lipinski definition) is 4. The third kappa shape index (κ3) is 10.3. The normalized spacial score (nSPS) is 13.3. The van der Waals surface area contributed by atoms with E-state index in [0.29, 0.717) is 19.8 Å². The molecule has 1 unspecified atom stereocenters. The lowest BCUT2D eigenvalue weighted by molar-refractivity contribution is -0.132. The van der Waals surface area contributed by atoms with E-state index in [2.05, 4.69) is 5.32 Å². The van der Waals surface area contributed by atoms with Crippen molar-refractivity contribution in [1.29, 1.82) is 0 Å². The molecule has 0 heterocycles. The second-order valence-electron chi connectivity index (χ2n) is 3.18. The molecule has 15 heavy (non-hydrogen) atoms. The van der Waals surface area contributed by atoms with E-state index in [9.17, 15) is 4.21 Å². The molecule has 0 aliphatic rings. The number of rotatable bonds is 10. The van der Waals surface area contributed by atoms with Gasteiger partial charge in [-0.25, -0.2) is 0 Å². The van der Waals surface area contributed by atoms with Gasteiger partial charge in [0.1, 0.15) is 0 Å². The van der Waals surface area contributed by atoms with Crippen LogP contribution in [0.1, 0.15) is 20.3 Å². The quantitative estimate of drug-likeness (QED) is 0.450. The van der Waals surface area contributed by atoms with Crippen molar-refractivity contribution < 1.29 is 13.7 Å². The van der Waals surface area contributed by atoms with Gasteiger partial charge in [0.2, 0.25) is 0 Å². The molecule has 0 bridgehead atoms. The maximum absolute atomic E-state index is 10.8. The van der Waals surface area contributed by atoms with Crippen LogP contribution in [0.15, 0.2) is 0 Å². The molecule has 0 aromatic heterocycles. The SMILES string of the molecule is CCOC(CNCCCS(C)=O)OCC. The van der Waals surface area contributed by atoms with Crippen molar-refractivity contribution in [2.45, 2.75) is 26.6 Å². The largest absolute Gasteiger partial charge is 0.352 e. The van der Waals surface area contributed by atoms with Crippen molar-refractivity contribution in [2.24, 2.45) is 0 Å². The summed E-state index contributed by atoms with van der Waals surface area (Å²) < 4.78 is 21.5. The van der Waals surface area contributed by atoms with Crippen LogP contribution in [0.2, 0.25) is 0 Å². The second kappa shape index (κ2) is 10.5. The zero-order valence-electron chi connectivity index (χ0n) is 9.95. The smallest absolute Gasteiger partial charge is 0.169 e. The Hall–Kier alpha value is 0.0300. The minimum absolute atomic E-state index is 0.160. The predicted molar refractivity (Wildman–Crippen MR) is 63.5 cm³/mol. The molecule has 1 atom stereocenters. The van der Waals surface area contributed by atoms with E-state index in [-0.39, 0.29) is 6.29 Å². The molecular weight excluding hydrogens is 214 g/mol. The lowest BCUT2D eigenvalue weighted by atomic mass is 10.4. The fourth-order valence-corrected chi connectivity index (χ4v) is 1.71. The van der Waals surface area contributed by atoms with E-state index in [1.165, 1.54) is 0 Å². The molecule has 0 spiro atoms. The molecule has 0 aliphatic carbocycles. The van der Waals surface area contributed by atoms with E-state index in [4.69, 9.17) is 9.47 Å². The Morgan fingerprint density at radius 2 is 1.87 bits per heavy atom.